The van der Waals surface area contributed by atoms with Gasteiger partial charge in [-0.25, -0.2) is 0 Å². The third-order valence-electron chi connectivity index (χ3n) is 11.1. The SMILES string of the molecule is C/C=C\C=C(\c1cccc(-n2c3ccccc3c3cc(-c4ccc5c(c4C)c4ccccc4n5-c4cccc(-c5ccccc5)c4)c(C)cc32)c1)C(C)C.CC. The maximum Gasteiger partial charge on any atom is 0.0544 e. The third kappa shape index (κ3) is 6.26. The predicted octanol–water partition coefficient (Wildman–Crippen LogP) is 15.5. The molecule has 0 aliphatic heterocycles. The minimum Gasteiger partial charge on any atom is -0.309 e. The Morgan fingerprint density at radius 1 is 0.518 bits per heavy atom. The van der Waals surface area contributed by atoms with Gasteiger partial charge < -0.3 is 9.13 Å². The van der Waals surface area contributed by atoms with E-state index in [4.69, 9.17) is 0 Å². The van der Waals surface area contributed by atoms with Crippen molar-refractivity contribution in [3.05, 3.63) is 187 Å². The van der Waals surface area contributed by atoms with Crippen LogP contribution in [0.1, 0.15) is 51.3 Å². The Bertz CT molecular complexity index is 2930. The topological polar surface area (TPSA) is 9.86 Å². The van der Waals surface area contributed by atoms with Crippen molar-refractivity contribution >= 4 is 49.2 Å². The first-order valence-electron chi connectivity index (χ1n) is 20.1. The quantitative estimate of drug-likeness (QED) is 0.145. The Morgan fingerprint density at radius 3 is 1.88 bits per heavy atom. The summed E-state index contributed by atoms with van der Waals surface area (Å²) < 4.78 is 4.88. The van der Waals surface area contributed by atoms with E-state index in [2.05, 4.69) is 214 Å². The van der Waals surface area contributed by atoms with Gasteiger partial charge in [0.15, 0.2) is 0 Å². The van der Waals surface area contributed by atoms with Gasteiger partial charge in [-0.2, -0.15) is 0 Å². The molecule has 7 aromatic carbocycles. The normalized spacial score (nSPS) is 12.0. The van der Waals surface area contributed by atoms with Gasteiger partial charge in [-0.1, -0.05) is 143 Å². The van der Waals surface area contributed by atoms with Gasteiger partial charge in [0.25, 0.3) is 0 Å². The molecule has 0 amide bonds. The molecule has 0 radical (unpaired) electrons. The van der Waals surface area contributed by atoms with E-state index in [0.717, 1.165) is 0 Å². The van der Waals surface area contributed by atoms with Gasteiger partial charge in [-0.15, -0.1) is 0 Å². The van der Waals surface area contributed by atoms with Gasteiger partial charge in [0.2, 0.25) is 0 Å². The number of para-hydroxylation sites is 2. The second kappa shape index (κ2) is 15.4. The molecule has 0 saturated carbocycles. The molecule has 0 aliphatic carbocycles. The highest BCUT2D eigenvalue weighted by Gasteiger charge is 2.20. The number of fused-ring (bicyclic) bond motifs is 6. The average molecular weight is 727 g/mol. The zero-order valence-corrected chi connectivity index (χ0v) is 33.6. The van der Waals surface area contributed by atoms with Crippen LogP contribution in [-0.4, -0.2) is 9.13 Å². The fourth-order valence-corrected chi connectivity index (χ4v) is 8.59. The maximum atomic E-state index is 2.45. The summed E-state index contributed by atoms with van der Waals surface area (Å²) in [5.41, 5.74) is 17.4. The third-order valence-corrected chi connectivity index (χ3v) is 11.1. The first-order valence-corrected chi connectivity index (χ1v) is 20.1. The molecular formula is C54H50N2. The van der Waals surface area contributed by atoms with Crippen LogP contribution in [0.2, 0.25) is 0 Å². The minimum atomic E-state index is 0.411. The van der Waals surface area contributed by atoms with Crippen molar-refractivity contribution < 1.29 is 0 Å². The molecule has 0 N–H and O–H groups in total. The number of aryl methyl sites for hydroxylation is 2. The summed E-state index contributed by atoms with van der Waals surface area (Å²) in [6.07, 6.45) is 6.50. The summed E-state index contributed by atoms with van der Waals surface area (Å²) in [5, 5.41) is 5.11. The summed E-state index contributed by atoms with van der Waals surface area (Å²) in [7, 11) is 0. The van der Waals surface area contributed by atoms with Crippen LogP contribution in [-0.2, 0) is 0 Å². The van der Waals surface area contributed by atoms with Crippen LogP contribution in [0.3, 0.4) is 0 Å². The minimum absolute atomic E-state index is 0.411. The van der Waals surface area contributed by atoms with Crippen molar-refractivity contribution in [2.75, 3.05) is 0 Å². The summed E-state index contributed by atoms with van der Waals surface area (Å²) in [6, 6.07) is 55.8. The van der Waals surface area contributed by atoms with Crippen molar-refractivity contribution in [3.8, 4) is 33.6 Å². The average Bonchev–Trinajstić information content (AvgIpc) is 3.75. The smallest absolute Gasteiger partial charge is 0.0544 e. The second-order valence-corrected chi connectivity index (χ2v) is 14.8. The number of allylic oxidation sites excluding steroid dienone is 4. The van der Waals surface area contributed by atoms with Crippen molar-refractivity contribution in [1.29, 1.82) is 0 Å². The molecule has 0 saturated heterocycles. The van der Waals surface area contributed by atoms with Gasteiger partial charge in [0.05, 0.1) is 22.1 Å². The number of benzene rings is 7. The molecule has 56 heavy (non-hydrogen) atoms. The van der Waals surface area contributed by atoms with Crippen molar-refractivity contribution in [3.63, 3.8) is 0 Å². The van der Waals surface area contributed by atoms with E-state index in [1.54, 1.807) is 0 Å². The Morgan fingerprint density at radius 2 is 1.14 bits per heavy atom. The van der Waals surface area contributed by atoms with Crippen LogP contribution < -0.4 is 0 Å². The lowest BCUT2D eigenvalue weighted by molar-refractivity contribution is 0.855. The van der Waals surface area contributed by atoms with Gasteiger partial charge in [0, 0.05) is 32.9 Å². The highest BCUT2D eigenvalue weighted by Crippen LogP contribution is 2.42. The molecule has 0 unspecified atom stereocenters. The van der Waals surface area contributed by atoms with Crippen molar-refractivity contribution in [1.82, 2.24) is 9.13 Å². The standard InChI is InChI=1S/C52H44N2.C2H6/c1-6-7-23-42(34(2)3)39-20-16-22-41(32-39)54-48-26-13-11-24-44(48)47-33-46(35(4)30-51(47)54)43-28-29-50-52(36(43)5)45-25-12-14-27-49(45)53(50)40-21-15-19-38(31-40)37-17-9-8-10-18-37;1-2/h6-34H,1-5H3;1-2H3/b7-6-,42-23+;. The molecule has 2 nitrogen and oxygen atoms in total. The largest absolute Gasteiger partial charge is 0.309 e. The number of hydrogen-bond donors (Lipinski definition) is 0. The summed E-state index contributed by atoms with van der Waals surface area (Å²) >= 11 is 0. The monoisotopic (exact) mass is 726 g/mol. The lowest BCUT2D eigenvalue weighted by atomic mass is 9.92. The van der Waals surface area contributed by atoms with E-state index in [1.807, 2.05) is 13.8 Å². The Labute approximate surface area is 331 Å². The number of nitrogens with zero attached hydrogens (tertiary/aromatic N) is 2. The molecular weight excluding hydrogens is 677 g/mol. The zero-order valence-electron chi connectivity index (χ0n) is 33.6. The molecule has 2 aromatic heterocycles. The lowest BCUT2D eigenvalue weighted by Crippen LogP contribution is -1.98. The molecule has 276 valence electrons. The lowest BCUT2D eigenvalue weighted by Gasteiger charge is -2.16. The molecule has 9 rings (SSSR count). The summed E-state index contributed by atoms with van der Waals surface area (Å²) in [6.45, 7) is 15.2. The van der Waals surface area contributed by atoms with Crippen LogP contribution >= 0.6 is 0 Å². The molecule has 9 aromatic rings. The van der Waals surface area contributed by atoms with Crippen LogP contribution in [0.25, 0.3) is 82.8 Å². The fourth-order valence-electron chi connectivity index (χ4n) is 8.59. The fraction of sp³-hybridized carbons (Fsp3) is 0.148. The second-order valence-electron chi connectivity index (χ2n) is 14.8. The predicted molar refractivity (Wildman–Crippen MR) is 244 cm³/mol. The summed E-state index contributed by atoms with van der Waals surface area (Å²) in [5.74, 6) is 0.411. The maximum absolute atomic E-state index is 2.45. The van der Waals surface area contributed by atoms with Crippen LogP contribution in [0.4, 0.5) is 0 Å². The first-order chi connectivity index (χ1) is 27.4. The van der Waals surface area contributed by atoms with Crippen LogP contribution in [0.15, 0.2) is 170 Å². The van der Waals surface area contributed by atoms with Gasteiger partial charge in [-0.3, -0.25) is 0 Å². The highest BCUT2D eigenvalue weighted by atomic mass is 15.0. The molecule has 0 aliphatic rings. The van der Waals surface area contributed by atoms with Crippen molar-refractivity contribution in [2.24, 2.45) is 5.92 Å². The van der Waals surface area contributed by atoms with E-state index in [-0.39, 0.29) is 0 Å². The molecule has 0 bridgehead atoms. The number of hydrogen-bond acceptors (Lipinski definition) is 0. The van der Waals surface area contributed by atoms with E-state index >= 15 is 0 Å². The molecule has 0 fully saturated rings. The number of rotatable bonds is 7. The Hall–Kier alpha value is -6.38. The first kappa shape index (κ1) is 36.6. The highest BCUT2D eigenvalue weighted by molar-refractivity contribution is 6.14. The van der Waals surface area contributed by atoms with Gasteiger partial charge in [0.1, 0.15) is 0 Å². The van der Waals surface area contributed by atoms with Crippen LogP contribution in [0.5, 0.6) is 0 Å². The Balaban J connectivity index is 0.00000217. The van der Waals surface area contributed by atoms with Crippen LogP contribution in [0, 0.1) is 19.8 Å². The Kier molecular flexibility index (Phi) is 10.1. The van der Waals surface area contributed by atoms with E-state index < -0.39 is 0 Å². The molecule has 0 spiro atoms. The van der Waals surface area contributed by atoms with E-state index in [0.29, 0.717) is 5.92 Å². The van der Waals surface area contributed by atoms with E-state index in [1.165, 1.54) is 99.5 Å². The van der Waals surface area contributed by atoms with Gasteiger partial charge >= 0.3 is 0 Å². The molecule has 2 heteroatoms. The summed E-state index contributed by atoms with van der Waals surface area (Å²) in [4.78, 5) is 0. The zero-order chi connectivity index (χ0) is 38.9. The molecule has 2 heterocycles. The van der Waals surface area contributed by atoms with Gasteiger partial charge in [-0.05, 0) is 126 Å². The van der Waals surface area contributed by atoms with Crippen molar-refractivity contribution in [2.45, 2.75) is 48.5 Å². The number of aromatic nitrogens is 2. The molecule has 0 atom stereocenters. The van der Waals surface area contributed by atoms with E-state index in [9.17, 15) is 0 Å².